The van der Waals surface area contributed by atoms with Crippen LogP contribution < -0.4 is 24.8 Å². The summed E-state index contributed by atoms with van der Waals surface area (Å²) in [5.74, 6) is 3.09. The molecule has 1 aliphatic heterocycles. The second-order valence-corrected chi connectivity index (χ2v) is 6.18. The van der Waals surface area contributed by atoms with Gasteiger partial charge in [-0.2, -0.15) is 8.78 Å². The largest absolute Gasteiger partial charge is 0.466 e. The minimum absolute atomic E-state index is 0.0140. The molecule has 0 fully saturated rings. The quantitative estimate of drug-likeness (QED) is 0.552. The SMILES string of the molecule is CCNC(=NCc1cc2c(cc1OC(F)F)OCO2)NCc1cc(C)oc1C. The average molecular weight is 395 g/mol. The fraction of sp³-hybridized carbons (Fsp3) is 0.421. The molecular weight excluding hydrogens is 372 g/mol. The molecular formula is C19H23F2N3O4. The summed E-state index contributed by atoms with van der Waals surface area (Å²) in [4.78, 5) is 4.47. The van der Waals surface area contributed by atoms with Crippen LogP contribution in [-0.2, 0) is 13.1 Å². The van der Waals surface area contributed by atoms with Gasteiger partial charge in [-0.15, -0.1) is 0 Å². The molecule has 0 saturated carbocycles. The standard InChI is InChI=1S/C19H23F2N3O4/c1-4-22-19(23-8-13-5-11(2)27-12(13)3)24-9-14-6-16-17(26-10-25-16)7-15(14)28-18(20)21/h5-7,18H,4,8-10H2,1-3H3,(H2,22,23,24). The van der Waals surface area contributed by atoms with Gasteiger partial charge in [0.2, 0.25) is 6.79 Å². The van der Waals surface area contributed by atoms with E-state index in [1.165, 1.54) is 6.07 Å². The molecule has 0 radical (unpaired) electrons. The first-order valence-electron chi connectivity index (χ1n) is 8.91. The number of rotatable bonds is 7. The molecule has 152 valence electrons. The molecule has 9 heteroatoms. The van der Waals surface area contributed by atoms with Crippen LogP contribution in [0.25, 0.3) is 0 Å². The molecule has 0 unspecified atom stereocenters. The Hall–Kier alpha value is -2.97. The molecule has 0 bridgehead atoms. The van der Waals surface area contributed by atoms with E-state index in [1.807, 2.05) is 26.8 Å². The highest BCUT2D eigenvalue weighted by Gasteiger charge is 2.20. The fourth-order valence-electron chi connectivity index (χ4n) is 2.84. The van der Waals surface area contributed by atoms with Crippen molar-refractivity contribution < 1.29 is 27.4 Å². The Balaban J connectivity index is 1.75. The first-order chi connectivity index (χ1) is 13.5. The predicted molar refractivity (Wildman–Crippen MR) is 99.0 cm³/mol. The third-order valence-electron chi connectivity index (χ3n) is 4.11. The summed E-state index contributed by atoms with van der Waals surface area (Å²) in [7, 11) is 0. The number of hydrogen-bond acceptors (Lipinski definition) is 5. The number of aryl methyl sites for hydroxylation is 2. The minimum Gasteiger partial charge on any atom is -0.466 e. The second-order valence-electron chi connectivity index (χ2n) is 6.18. The molecule has 7 nitrogen and oxygen atoms in total. The van der Waals surface area contributed by atoms with Crippen molar-refractivity contribution >= 4 is 5.96 Å². The lowest BCUT2D eigenvalue weighted by Crippen LogP contribution is -2.36. The van der Waals surface area contributed by atoms with Crippen molar-refractivity contribution in [2.45, 2.75) is 40.5 Å². The van der Waals surface area contributed by atoms with E-state index in [-0.39, 0.29) is 19.1 Å². The van der Waals surface area contributed by atoms with Crippen molar-refractivity contribution in [3.63, 3.8) is 0 Å². The number of aliphatic imine (C=N–C) groups is 1. The van der Waals surface area contributed by atoms with Crippen LogP contribution in [0.1, 0.15) is 29.6 Å². The monoisotopic (exact) mass is 395 g/mol. The van der Waals surface area contributed by atoms with E-state index < -0.39 is 6.61 Å². The Morgan fingerprint density at radius 2 is 1.89 bits per heavy atom. The van der Waals surface area contributed by atoms with Gasteiger partial charge < -0.3 is 29.3 Å². The molecule has 2 aromatic rings. The maximum Gasteiger partial charge on any atom is 0.387 e. The number of benzene rings is 1. The second kappa shape index (κ2) is 8.81. The van der Waals surface area contributed by atoms with Gasteiger partial charge in [-0.3, -0.25) is 0 Å². The number of hydrogen-bond donors (Lipinski definition) is 2. The zero-order valence-electron chi connectivity index (χ0n) is 16.0. The number of alkyl halides is 2. The lowest BCUT2D eigenvalue weighted by molar-refractivity contribution is -0.0505. The molecule has 0 atom stereocenters. The highest BCUT2D eigenvalue weighted by molar-refractivity contribution is 5.79. The van der Waals surface area contributed by atoms with Gasteiger partial charge in [0.1, 0.15) is 17.3 Å². The Morgan fingerprint density at radius 1 is 1.14 bits per heavy atom. The van der Waals surface area contributed by atoms with Gasteiger partial charge >= 0.3 is 6.61 Å². The third-order valence-corrected chi connectivity index (χ3v) is 4.11. The molecule has 0 aliphatic carbocycles. The predicted octanol–water partition coefficient (Wildman–Crippen LogP) is 3.48. The Kier molecular flexibility index (Phi) is 6.23. The first-order valence-corrected chi connectivity index (χ1v) is 8.91. The zero-order valence-corrected chi connectivity index (χ0v) is 16.0. The lowest BCUT2D eigenvalue weighted by atomic mass is 10.1. The molecule has 0 spiro atoms. The summed E-state index contributed by atoms with van der Waals surface area (Å²) in [6.07, 6.45) is 0. The fourth-order valence-corrected chi connectivity index (χ4v) is 2.84. The van der Waals surface area contributed by atoms with Gasteiger partial charge in [-0.05, 0) is 32.9 Å². The number of fused-ring (bicyclic) bond motifs is 1. The summed E-state index contributed by atoms with van der Waals surface area (Å²) >= 11 is 0. The van der Waals surface area contributed by atoms with Crippen LogP contribution in [0.15, 0.2) is 27.6 Å². The Labute approximate surface area is 161 Å². The number of guanidine groups is 1. The molecule has 1 aromatic carbocycles. The summed E-state index contributed by atoms with van der Waals surface area (Å²) < 4.78 is 46.2. The molecule has 1 aliphatic rings. The summed E-state index contributed by atoms with van der Waals surface area (Å²) in [5, 5.41) is 6.33. The summed E-state index contributed by atoms with van der Waals surface area (Å²) in [5.41, 5.74) is 1.49. The average Bonchev–Trinajstić information content (AvgIpc) is 3.21. The zero-order chi connectivity index (χ0) is 20.1. The summed E-state index contributed by atoms with van der Waals surface area (Å²) in [6, 6.07) is 4.96. The van der Waals surface area contributed by atoms with Crippen LogP contribution in [0.2, 0.25) is 0 Å². The highest BCUT2D eigenvalue weighted by Crippen LogP contribution is 2.39. The van der Waals surface area contributed by atoms with E-state index in [1.54, 1.807) is 6.07 Å². The number of nitrogens with one attached hydrogen (secondary N) is 2. The smallest absolute Gasteiger partial charge is 0.387 e. The van der Waals surface area contributed by atoms with Crippen molar-refractivity contribution in [2.24, 2.45) is 4.99 Å². The van der Waals surface area contributed by atoms with Crippen LogP contribution in [0.5, 0.6) is 17.2 Å². The third kappa shape index (κ3) is 4.85. The van der Waals surface area contributed by atoms with E-state index in [0.717, 1.165) is 17.1 Å². The molecule has 28 heavy (non-hydrogen) atoms. The van der Waals surface area contributed by atoms with Crippen molar-refractivity contribution in [3.8, 4) is 17.2 Å². The van der Waals surface area contributed by atoms with Gasteiger partial charge in [0.15, 0.2) is 17.5 Å². The first kappa shape index (κ1) is 19.8. The van der Waals surface area contributed by atoms with E-state index in [4.69, 9.17) is 13.9 Å². The number of halogens is 2. The minimum atomic E-state index is -2.94. The van der Waals surface area contributed by atoms with Gasteiger partial charge in [-0.1, -0.05) is 0 Å². The van der Waals surface area contributed by atoms with Crippen molar-refractivity contribution in [1.82, 2.24) is 10.6 Å². The summed E-state index contributed by atoms with van der Waals surface area (Å²) in [6.45, 7) is 4.13. The van der Waals surface area contributed by atoms with Crippen molar-refractivity contribution in [1.29, 1.82) is 0 Å². The lowest BCUT2D eigenvalue weighted by Gasteiger charge is -2.13. The van der Waals surface area contributed by atoms with Crippen LogP contribution in [-0.4, -0.2) is 25.9 Å². The highest BCUT2D eigenvalue weighted by atomic mass is 19.3. The van der Waals surface area contributed by atoms with Gasteiger partial charge in [0.25, 0.3) is 0 Å². The van der Waals surface area contributed by atoms with Crippen molar-refractivity contribution in [3.05, 3.63) is 40.8 Å². The topological polar surface area (TPSA) is 77.3 Å². The number of ether oxygens (including phenoxy) is 3. The van der Waals surface area contributed by atoms with Gasteiger partial charge in [0.05, 0.1) is 6.54 Å². The Morgan fingerprint density at radius 3 is 2.54 bits per heavy atom. The Bertz CT molecular complexity index is 852. The van der Waals surface area contributed by atoms with Crippen LogP contribution in [0, 0.1) is 13.8 Å². The van der Waals surface area contributed by atoms with E-state index in [9.17, 15) is 8.78 Å². The molecule has 0 amide bonds. The molecule has 2 heterocycles. The van der Waals surface area contributed by atoms with E-state index >= 15 is 0 Å². The van der Waals surface area contributed by atoms with E-state index in [0.29, 0.717) is 36.1 Å². The van der Waals surface area contributed by atoms with Crippen molar-refractivity contribution in [2.75, 3.05) is 13.3 Å². The normalized spacial score (nSPS) is 13.1. The maximum atomic E-state index is 12.8. The molecule has 1 aromatic heterocycles. The van der Waals surface area contributed by atoms with Crippen LogP contribution in [0.3, 0.4) is 0 Å². The number of nitrogens with zero attached hydrogens (tertiary/aromatic N) is 1. The van der Waals surface area contributed by atoms with Gasteiger partial charge in [-0.25, -0.2) is 4.99 Å². The van der Waals surface area contributed by atoms with Crippen LogP contribution in [0.4, 0.5) is 8.78 Å². The maximum absolute atomic E-state index is 12.8. The van der Waals surface area contributed by atoms with Crippen LogP contribution >= 0.6 is 0 Å². The van der Waals surface area contributed by atoms with E-state index in [2.05, 4.69) is 20.4 Å². The number of furan rings is 1. The molecule has 2 N–H and O–H groups in total. The molecule has 3 rings (SSSR count). The van der Waals surface area contributed by atoms with Gasteiger partial charge in [0, 0.05) is 30.3 Å². The molecule has 0 saturated heterocycles.